The van der Waals surface area contributed by atoms with Gasteiger partial charge in [0.15, 0.2) is 0 Å². The normalized spacial score (nSPS) is 15.3. The van der Waals surface area contributed by atoms with Crippen molar-refractivity contribution in [1.82, 2.24) is 0 Å². The first-order valence-corrected chi connectivity index (χ1v) is 21.8. The van der Waals surface area contributed by atoms with Crippen LogP contribution in [0.2, 0.25) is 0 Å². The van der Waals surface area contributed by atoms with Crippen molar-refractivity contribution in [2.45, 2.75) is 122 Å². The fraction of sp³-hybridized carbons (Fsp3) is 0.346. The standard InChI is InChI=1S/C52H62N2O2S/c1-49(2,3)37-13-21-41(22-14-37)53(42-23-15-38(16-24-42)50(4,5)6)45-29-33-47(34-30-45)57(55,56)48-35-31-46(32-36-48)54(43-25-17-39(18-26-43)51(7,8)9)44-27-19-40(20-28-44)52(10,11)12/h13-31,33-36,46H,32H2,1-12H3. The summed E-state index contributed by atoms with van der Waals surface area (Å²) in [6.07, 6.45) is 6.26. The predicted molar refractivity (Wildman–Crippen MR) is 244 cm³/mol. The average molecular weight is 779 g/mol. The van der Waals surface area contributed by atoms with Crippen molar-refractivity contribution in [3.8, 4) is 0 Å². The molecule has 1 unspecified atom stereocenters. The van der Waals surface area contributed by atoms with Gasteiger partial charge in [0, 0.05) is 28.4 Å². The van der Waals surface area contributed by atoms with Crippen molar-refractivity contribution >= 4 is 38.3 Å². The summed E-state index contributed by atoms with van der Waals surface area (Å²) >= 11 is 0. The maximum absolute atomic E-state index is 14.2. The van der Waals surface area contributed by atoms with Crippen LogP contribution in [-0.2, 0) is 31.5 Å². The molecular formula is C52H62N2O2S. The molecule has 1 atom stereocenters. The third-order valence-electron chi connectivity index (χ3n) is 11.1. The average Bonchev–Trinajstić information content (AvgIpc) is 3.15. The van der Waals surface area contributed by atoms with E-state index in [4.69, 9.17) is 0 Å². The lowest BCUT2D eigenvalue weighted by Crippen LogP contribution is -2.30. The molecular weight excluding hydrogens is 717 g/mol. The highest BCUT2D eigenvalue weighted by Crippen LogP contribution is 2.39. The zero-order valence-corrected chi connectivity index (χ0v) is 37.0. The highest BCUT2D eigenvalue weighted by molar-refractivity contribution is 7.95. The first-order chi connectivity index (χ1) is 26.5. The molecule has 298 valence electrons. The van der Waals surface area contributed by atoms with E-state index in [9.17, 15) is 8.42 Å². The number of sulfone groups is 1. The van der Waals surface area contributed by atoms with Gasteiger partial charge in [-0.15, -0.1) is 0 Å². The summed E-state index contributed by atoms with van der Waals surface area (Å²) in [7, 11) is -3.76. The van der Waals surface area contributed by atoms with Gasteiger partial charge >= 0.3 is 0 Å². The van der Waals surface area contributed by atoms with Gasteiger partial charge in [-0.1, -0.05) is 144 Å². The zero-order valence-electron chi connectivity index (χ0n) is 36.2. The Kier molecular flexibility index (Phi) is 11.3. The monoisotopic (exact) mass is 778 g/mol. The van der Waals surface area contributed by atoms with Crippen LogP contribution in [0.3, 0.4) is 0 Å². The summed E-state index contributed by atoms with van der Waals surface area (Å²) in [5, 5.41) is 0. The van der Waals surface area contributed by atoms with Crippen LogP contribution in [0.5, 0.6) is 0 Å². The Bertz CT molecular complexity index is 2210. The minimum Gasteiger partial charge on any atom is -0.334 e. The molecule has 0 aromatic heterocycles. The molecule has 1 aliphatic rings. The van der Waals surface area contributed by atoms with Crippen LogP contribution in [0, 0.1) is 0 Å². The van der Waals surface area contributed by atoms with Crippen molar-refractivity contribution in [2.24, 2.45) is 0 Å². The Morgan fingerprint density at radius 1 is 0.439 bits per heavy atom. The first-order valence-electron chi connectivity index (χ1n) is 20.3. The topological polar surface area (TPSA) is 40.6 Å². The fourth-order valence-electron chi connectivity index (χ4n) is 7.33. The van der Waals surface area contributed by atoms with E-state index in [0.717, 1.165) is 28.4 Å². The van der Waals surface area contributed by atoms with Crippen LogP contribution in [0.1, 0.15) is 112 Å². The van der Waals surface area contributed by atoms with Crippen LogP contribution >= 0.6 is 0 Å². The maximum atomic E-state index is 14.2. The Labute approximate surface area is 343 Å². The van der Waals surface area contributed by atoms with Gasteiger partial charge in [0.25, 0.3) is 0 Å². The molecule has 0 saturated heterocycles. The van der Waals surface area contributed by atoms with E-state index in [1.54, 1.807) is 18.2 Å². The minimum absolute atomic E-state index is 0.0314. The van der Waals surface area contributed by atoms with Gasteiger partial charge in [-0.3, -0.25) is 0 Å². The second kappa shape index (κ2) is 15.5. The van der Waals surface area contributed by atoms with E-state index in [1.165, 1.54) is 22.3 Å². The van der Waals surface area contributed by atoms with E-state index in [1.807, 2.05) is 24.3 Å². The Morgan fingerprint density at radius 3 is 1.02 bits per heavy atom. The summed E-state index contributed by atoms with van der Waals surface area (Å²) in [5.41, 5.74) is 10.3. The van der Waals surface area contributed by atoms with Gasteiger partial charge in [-0.25, -0.2) is 8.42 Å². The molecule has 0 amide bonds. The lowest BCUT2D eigenvalue weighted by molar-refractivity contribution is 0.589. The highest BCUT2D eigenvalue weighted by Gasteiger charge is 2.27. The molecule has 6 rings (SSSR count). The van der Waals surface area contributed by atoms with Crippen LogP contribution < -0.4 is 9.80 Å². The number of hydrogen-bond donors (Lipinski definition) is 0. The SMILES string of the molecule is CC(C)(C)c1ccc(N(c2ccc(C(C)(C)C)cc2)c2ccc(S(=O)(=O)C3=CCC(N(c4ccc(C(C)(C)C)cc4)c4ccc(C(C)(C)C)cc4)C=C3)cc2)cc1. The van der Waals surface area contributed by atoms with Crippen molar-refractivity contribution in [1.29, 1.82) is 0 Å². The summed E-state index contributed by atoms with van der Waals surface area (Å²) in [4.78, 5) is 5.11. The van der Waals surface area contributed by atoms with Crippen LogP contribution in [0.25, 0.3) is 0 Å². The predicted octanol–water partition coefficient (Wildman–Crippen LogP) is 14.2. The van der Waals surface area contributed by atoms with Crippen LogP contribution in [0.4, 0.5) is 28.4 Å². The summed E-state index contributed by atoms with van der Waals surface area (Å²) in [6.45, 7) is 26.6. The van der Waals surface area contributed by atoms with E-state index in [2.05, 4.69) is 190 Å². The van der Waals surface area contributed by atoms with Crippen molar-refractivity contribution in [3.63, 3.8) is 0 Å². The molecule has 1 aliphatic carbocycles. The molecule has 0 fully saturated rings. The number of benzene rings is 5. The molecule has 0 aliphatic heterocycles. The van der Waals surface area contributed by atoms with Gasteiger partial charge < -0.3 is 9.80 Å². The lowest BCUT2D eigenvalue weighted by Gasteiger charge is -2.34. The largest absolute Gasteiger partial charge is 0.334 e. The number of nitrogens with zero attached hydrogens (tertiary/aromatic N) is 2. The maximum Gasteiger partial charge on any atom is 0.206 e. The molecule has 0 bridgehead atoms. The van der Waals surface area contributed by atoms with Gasteiger partial charge in [-0.2, -0.15) is 0 Å². The second-order valence-electron chi connectivity index (χ2n) is 19.7. The molecule has 5 heteroatoms. The Morgan fingerprint density at radius 2 is 0.737 bits per heavy atom. The molecule has 0 spiro atoms. The summed E-state index contributed by atoms with van der Waals surface area (Å²) in [5.74, 6) is 0. The number of hydrogen-bond acceptors (Lipinski definition) is 4. The van der Waals surface area contributed by atoms with E-state index < -0.39 is 9.84 Å². The molecule has 0 radical (unpaired) electrons. The molecule has 5 aromatic carbocycles. The van der Waals surface area contributed by atoms with E-state index >= 15 is 0 Å². The number of rotatable bonds is 8. The smallest absolute Gasteiger partial charge is 0.206 e. The summed E-state index contributed by atoms with van der Waals surface area (Å²) < 4.78 is 28.4. The van der Waals surface area contributed by atoms with E-state index in [-0.39, 0.29) is 32.6 Å². The highest BCUT2D eigenvalue weighted by atomic mass is 32.2. The first kappa shape index (κ1) is 41.8. The van der Waals surface area contributed by atoms with Crippen molar-refractivity contribution < 1.29 is 8.42 Å². The molecule has 5 aromatic rings. The quantitative estimate of drug-likeness (QED) is 0.157. The lowest BCUT2D eigenvalue weighted by atomic mass is 9.86. The minimum atomic E-state index is -3.76. The van der Waals surface area contributed by atoms with Gasteiger partial charge in [-0.05, 0) is 129 Å². The molecule has 0 saturated carbocycles. The van der Waals surface area contributed by atoms with Gasteiger partial charge in [0.05, 0.1) is 15.8 Å². The summed E-state index contributed by atoms with van der Waals surface area (Å²) in [6, 6.07) is 42.2. The molecule has 4 nitrogen and oxygen atoms in total. The van der Waals surface area contributed by atoms with Gasteiger partial charge in [0.1, 0.15) is 0 Å². The fourth-order valence-corrected chi connectivity index (χ4v) is 8.67. The third-order valence-corrected chi connectivity index (χ3v) is 12.9. The van der Waals surface area contributed by atoms with Crippen molar-refractivity contribution in [2.75, 3.05) is 9.80 Å². The third kappa shape index (κ3) is 9.31. The van der Waals surface area contributed by atoms with Crippen LogP contribution in [-0.4, -0.2) is 14.5 Å². The number of anilines is 5. The van der Waals surface area contributed by atoms with Crippen molar-refractivity contribution in [3.05, 3.63) is 167 Å². The zero-order chi connectivity index (χ0) is 41.6. The molecule has 0 heterocycles. The Balaban J connectivity index is 1.29. The van der Waals surface area contributed by atoms with Crippen LogP contribution in [0.15, 0.2) is 149 Å². The molecule has 0 N–H and O–H groups in total. The van der Waals surface area contributed by atoms with E-state index in [0.29, 0.717) is 11.3 Å². The second-order valence-corrected chi connectivity index (χ2v) is 21.6. The Hall–Kier alpha value is -4.87. The molecule has 57 heavy (non-hydrogen) atoms. The van der Waals surface area contributed by atoms with Gasteiger partial charge in [0.2, 0.25) is 9.84 Å². The number of allylic oxidation sites excluding steroid dienone is 1.